The fourth-order valence-electron chi connectivity index (χ4n) is 9.10. The molecule has 4 aliphatic carbocycles. The second-order valence-electron chi connectivity index (χ2n) is 12.8. The Labute approximate surface area is 191 Å². The van der Waals surface area contributed by atoms with Gasteiger partial charge in [0.1, 0.15) is 5.78 Å². The quantitative estimate of drug-likeness (QED) is 0.476. The molecular weight excluding hydrogens is 380 g/mol. The Morgan fingerprint density at radius 2 is 1.68 bits per heavy atom. The Kier molecular flexibility index (Phi) is 6.54. The number of Topliss-reactive ketones (excluding diaryl/α,β-unsaturated/α-hetero) is 1. The number of rotatable bonds is 5. The van der Waals surface area contributed by atoms with Crippen molar-refractivity contribution in [2.24, 2.45) is 58.2 Å². The van der Waals surface area contributed by atoms with Gasteiger partial charge < -0.3 is 5.11 Å². The van der Waals surface area contributed by atoms with Crippen molar-refractivity contribution in [3.63, 3.8) is 0 Å². The lowest BCUT2D eigenvalue weighted by atomic mass is 9.44. The number of carbonyl (C=O) groups excluding carboxylic acids is 1. The van der Waals surface area contributed by atoms with Crippen LogP contribution < -0.4 is 0 Å². The summed E-state index contributed by atoms with van der Waals surface area (Å²) in [6.45, 7) is 14.4. The van der Waals surface area contributed by atoms with Crippen LogP contribution in [0.5, 0.6) is 0 Å². The van der Waals surface area contributed by atoms with Crippen molar-refractivity contribution in [2.45, 2.75) is 105 Å². The molecule has 0 bridgehead atoms. The number of allylic oxidation sites excluding steroid dienone is 2. The van der Waals surface area contributed by atoms with Gasteiger partial charge in [-0.3, -0.25) is 4.79 Å². The van der Waals surface area contributed by atoms with E-state index in [2.05, 4.69) is 53.7 Å². The van der Waals surface area contributed by atoms with Crippen molar-refractivity contribution < 1.29 is 9.90 Å². The van der Waals surface area contributed by atoms with Gasteiger partial charge in [-0.05, 0) is 104 Å². The van der Waals surface area contributed by atoms with E-state index in [9.17, 15) is 9.90 Å². The summed E-state index contributed by atoms with van der Waals surface area (Å²) in [5.41, 5.74) is 0.589. The zero-order valence-corrected chi connectivity index (χ0v) is 21.1. The number of hydrogen-bond acceptors (Lipinski definition) is 2. The molecule has 0 aromatic rings. The topological polar surface area (TPSA) is 37.3 Å². The molecule has 0 aromatic carbocycles. The van der Waals surface area contributed by atoms with Crippen LogP contribution in [-0.2, 0) is 4.79 Å². The van der Waals surface area contributed by atoms with Gasteiger partial charge in [-0.2, -0.15) is 0 Å². The average Bonchev–Trinajstić information content (AvgIpc) is 3.06. The first-order chi connectivity index (χ1) is 14.6. The zero-order valence-electron chi connectivity index (χ0n) is 21.1. The number of hydrogen-bond donors (Lipinski definition) is 1. The molecule has 4 fully saturated rings. The first-order valence-electron chi connectivity index (χ1n) is 13.5. The van der Waals surface area contributed by atoms with E-state index in [4.69, 9.17) is 0 Å². The third-order valence-corrected chi connectivity index (χ3v) is 11.1. The molecule has 4 saturated carbocycles. The third-order valence-electron chi connectivity index (χ3n) is 11.1. The molecule has 0 aliphatic heterocycles. The van der Waals surface area contributed by atoms with Crippen LogP contribution in [0.25, 0.3) is 0 Å². The van der Waals surface area contributed by atoms with Gasteiger partial charge in [0, 0.05) is 12.3 Å². The minimum Gasteiger partial charge on any atom is -0.393 e. The minimum absolute atomic E-state index is 0.183. The molecule has 2 heteroatoms. The largest absolute Gasteiger partial charge is 0.393 e. The molecule has 10 atom stereocenters. The number of aliphatic hydroxyl groups is 1. The van der Waals surface area contributed by atoms with E-state index in [0.717, 1.165) is 25.7 Å². The molecule has 0 spiro atoms. The van der Waals surface area contributed by atoms with Crippen molar-refractivity contribution >= 4 is 5.78 Å². The van der Waals surface area contributed by atoms with Crippen LogP contribution in [0.1, 0.15) is 99.3 Å². The van der Waals surface area contributed by atoms with Gasteiger partial charge >= 0.3 is 0 Å². The van der Waals surface area contributed by atoms with E-state index >= 15 is 0 Å². The van der Waals surface area contributed by atoms with Crippen molar-refractivity contribution in [1.82, 2.24) is 0 Å². The molecule has 176 valence electrons. The SMILES string of the molecule is CCC(/C=C/[C@@H](C)[C@H]1CC[C@H]2[C@@H]3C(=O)C[C@H]4C[C@@H](O)CC[C@]4(C)[C@H]3CC[C@]12C)C(C)C. The van der Waals surface area contributed by atoms with Crippen molar-refractivity contribution in [3.05, 3.63) is 12.2 Å². The maximum atomic E-state index is 13.5. The molecule has 0 radical (unpaired) electrons. The minimum atomic E-state index is -0.183. The van der Waals surface area contributed by atoms with Crippen LogP contribution in [0.2, 0.25) is 0 Å². The highest BCUT2D eigenvalue weighted by atomic mass is 16.3. The molecule has 1 unspecified atom stereocenters. The van der Waals surface area contributed by atoms with Crippen LogP contribution in [0.4, 0.5) is 0 Å². The summed E-state index contributed by atoms with van der Waals surface area (Å²) in [6, 6.07) is 0. The molecule has 0 heterocycles. The Bertz CT molecular complexity index is 695. The number of carbonyl (C=O) groups is 1. The molecule has 4 aliphatic rings. The highest BCUT2D eigenvalue weighted by molar-refractivity contribution is 5.83. The van der Waals surface area contributed by atoms with Gasteiger partial charge in [-0.15, -0.1) is 0 Å². The predicted octanol–water partition coefficient (Wildman–Crippen LogP) is 7.06. The second kappa shape index (κ2) is 8.62. The van der Waals surface area contributed by atoms with Gasteiger partial charge in [0.05, 0.1) is 6.10 Å². The van der Waals surface area contributed by atoms with E-state index in [1.807, 2.05) is 0 Å². The molecule has 0 amide bonds. The summed E-state index contributed by atoms with van der Waals surface area (Å²) in [4.78, 5) is 13.5. The van der Waals surface area contributed by atoms with Crippen LogP contribution in [0, 0.1) is 58.2 Å². The van der Waals surface area contributed by atoms with Crippen LogP contribution >= 0.6 is 0 Å². The van der Waals surface area contributed by atoms with Gasteiger partial charge in [-0.25, -0.2) is 0 Å². The lowest BCUT2D eigenvalue weighted by Crippen LogP contribution is -2.57. The molecule has 2 nitrogen and oxygen atoms in total. The highest BCUT2D eigenvalue weighted by Crippen LogP contribution is 2.67. The van der Waals surface area contributed by atoms with E-state index in [1.54, 1.807) is 0 Å². The Morgan fingerprint density at radius 1 is 1.00 bits per heavy atom. The maximum absolute atomic E-state index is 13.5. The summed E-state index contributed by atoms with van der Waals surface area (Å²) in [5.74, 6) is 5.09. The molecular formula is C29H48O2. The van der Waals surface area contributed by atoms with E-state index < -0.39 is 0 Å². The van der Waals surface area contributed by atoms with Gasteiger partial charge in [0.25, 0.3) is 0 Å². The summed E-state index contributed by atoms with van der Waals surface area (Å²) in [7, 11) is 0. The van der Waals surface area contributed by atoms with E-state index in [-0.39, 0.29) is 17.4 Å². The van der Waals surface area contributed by atoms with Crippen LogP contribution in [0.15, 0.2) is 12.2 Å². The Hall–Kier alpha value is -0.630. The van der Waals surface area contributed by atoms with Crippen molar-refractivity contribution in [1.29, 1.82) is 0 Å². The normalized spacial score (nSPS) is 47.2. The monoisotopic (exact) mass is 428 g/mol. The molecule has 0 saturated heterocycles. The molecule has 31 heavy (non-hydrogen) atoms. The summed E-state index contributed by atoms with van der Waals surface area (Å²) in [6.07, 6.45) is 14.8. The van der Waals surface area contributed by atoms with E-state index in [1.165, 1.54) is 32.1 Å². The molecule has 4 rings (SSSR count). The molecule has 1 N–H and O–H groups in total. The van der Waals surface area contributed by atoms with E-state index in [0.29, 0.717) is 52.6 Å². The first-order valence-corrected chi connectivity index (χ1v) is 13.5. The van der Waals surface area contributed by atoms with Crippen molar-refractivity contribution in [2.75, 3.05) is 0 Å². The summed E-state index contributed by atoms with van der Waals surface area (Å²) < 4.78 is 0. The summed E-state index contributed by atoms with van der Waals surface area (Å²) >= 11 is 0. The van der Waals surface area contributed by atoms with Crippen LogP contribution in [-0.4, -0.2) is 17.0 Å². The Morgan fingerprint density at radius 3 is 2.35 bits per heavy atom. The average molecular weight is 429 g/mol. The lowest BCUT2D eigenvalue weighted by molar-refractivity contribution is -0.160. The number of fused-ring (bicyclic) bond motifs is 5. The number of aliphatic hydroxyl groups excluding tert-OH is 1. The number of ketones is 1. The zero-order chi connectivity index (χ0) is 22.6. The third kappa shape index (κ3) is 3.87. The van der Waals surface area contributed by atoms with Gasteiger partial charge in [0.2, 0.25) is 0 Å². The first kappa shape index (κ1) is 23.5. The predicted molar refractivity (Wildman–Crippen MR) is 129 cm³/mol. The van der Waals surface area contributed by atoms with Gasteiger partial charge in [0.15, 0.2) is 0 Å². The van der Waals surface area contributed by atoms with Crippen molar-refractivity contribution in [3.8, 4) is 0 Å². The fourth-order valence-corrected chi connectivity index (χ4v) is 9.10. The van der Waals surface area contributed by atoms with Gasteiger partial charge in [-0.1, -0.05) is 53.7 Å². The maximum Gasteiger partial charge on any atom is 0.136 e. The Balaban J connectivity index is 1.54. The molecule has 0 aromatic heterocycles. The fraction of sp³-hybridized carbons (Fsp3) is 0.897. The second-order valence-corrected chi connectivity index (χ2v) is 12.8. The smallest absolute Gasteiger partial charge is 0.136 e. The van der Waals surface area contributed by atoms with Crippen LogP contribution in [0.3, 0.4) is 0 Å². The standard InChI is InChI=1S/C29H48O2/c1-7-20(18(2)3)9-8-19(4)23-10-11-24-27-25(13-15-29(23,24)6)28(5)14-12-22(30)16-21(28)17-26(27)31/h8-9,18-25,27,30H,7,10-17H2,1-6H3/b9-8+/t19-,20?,21-,22+,23-,24+,25+,27+,28+,29-/m1/s1. The summed E-state index contributed by atoms with van der Waals surface area (Å²) in [5, 5.41) is 10.3. The highest BCUT2D eigenvalue weighted by Gasteiger charge is 2.62. The lowest BCUT2D eigenvalue weighted by Gasteiger charge is -2.60.